The Bertz CT molecular complexity index is 1000. The van der Waals surface area contributed by atoms with Crippen LogP contribution in [0, 0.1) is 13.8 Å². The van der Waals surface area contributed by atoms with E-state index in [1.165, 1.54) is 23.6 Å². The molecule has 2 aromatic heterocycles. The number of carbonyl (C=O) groups is 2. The number of thiazole rings is 1. The number of rotatable bonds is 6. The Morgan fingerprint density at radius 3 is 2.79 bits per heavy atom. The SMILES string of the molecule is Cc1ccc(C)c(NC(=O)Cc2nc(COC(=O)c3ccc(Cl)nc3)cs2)c1. The maximum atomic E-state index is 12.3. The van der Waals surface area contributed by atoms with Crippen LogP contribution in [0.3, 0.4) is 0 Å². The van der Waals surface area contributed by atoms with E-state index in [-0.39, 0.29) is 18.9 Å². The Morgan fingerprint density at radius 2 is 2.04 bits per heavy atom. The lowest BCUT2D eigenvalue weighted by atomic mass is 10.1. The highest BCUT2D eigenvalue weighted by Gasteiger charge is 2.12. The van der Waals surface area contributed by atoms with Gasteiger partial charge in [-0.05, 0) is 43.2 Å². The number of pyridine rings is 1. The fourth-order valence-corrected chi connectivity index (χ4v) is 3.31. The van der Waals surface area contributed by atoms with Crippen molar-refractivity contribution < 1.29 is 14.3 Å². The van der Waals surface area contributed by atoms with Gasteiger partial charge in [0.05, 0.1) is 17.7 Å². The van der Waals surface area contributed by atoms with Gasteiger partial charge in [-0.2, -0.15) is 0 Å². The maximum Gasteiger partial charge on any atom is 0.340 e. The minimum absolute atomic E-state index is 0.0244. The summed E-state index contributed by atoms with van der Waals surface area (Å²) in [6, 6.07) is 8.97. The predicted molar refractivity (Wildman–Crippen MR) is 109 cm³/mol. The number of hydrogen-bond donors (Lipinski definition) is 1. The lowest BCUT2D eigenvalue weighted by Crippen LogP contribution is -2.15. The second-order valence-corrected chi connectivity index (χ2v) is 7.55. The zero-order valence-corrected chi connectivity index (χ0v) is 16.9. The zero-order valence-electron chi connectivity index (χ0n) is 15.4. The van der Waals surface area contributed by atoms with Crippen LogP contribution < -0.4 is 5.32 Å². The molecule has 1 aromatic carbocycles. The van der Waals surface area contributed by atoms with Gasteiger partial charge in [0, 0.05) is 17.3 Å². The Labute approximate surface area is 171 Å². The van der Waals surface area contributed by atoms with Crippen molar-refractivity contribution >= 4 is 40.5 Å². The van der Waals surface area contributed by atoms with Crippen molar-refractivity contribution in [1.82, 2.24) is 9.97 Å². The molecule has 6 nitrogen and oxygen atoms in total. The first-order valence-electron chi connectivity index (χ1n) is 8.50. The van der Waals surface area contributed by atoms with Crippen LogP contribution in [0.1, 0.15) is 32.2 Å². The molecule has 0 fully saturated rings. The van der Waals surface area contributed by atoms with Crippen molar-refractivity contribution in [2.45, 2.75) is 26.9 Å². The van der Waals surface area contributed by atoms with Gasteiger partial charge in [0.25, 0.3) is 0 Å². The van der Waals surface area contributed by atoms with Crippen LogP contribution in [0.15, 0.2) is 41.9 Å². The van der Waals surface area contributed by atoms with Gasteiger partial charge < -0.3 is 10.1 Å². The maximum absolute atomic E-state index is 12.3. The van der Waals surface area contributed by atoms with Gasteiger partial charge >= 0.3 is 5.97 Å². The van der Waals surface area contributed by atoms with Gasteiger partial charge in [0.15, 0.2) is 0 Å². The third kappa shape index (κ3) is 5.37. The molecular formula is C20H18ClN3O3S. The number of benzene rings is 1. The smallest absolute Gasteiger partial charge is 0.340 e. The van der Waals surface area contributed by atoms with Gasteiger partial charge in [0.2, 0.25) is 5.91 Å². The quantitative estimate of drug-likeness (QED) is 0.478. The lowest BCUT2D eigenvalue weighted by Gasteiger charge is -2.08. The standard InChI is InChI=1S/C20H18ClN3O3S/c1-12-3-4-13(2)16(7-12)24-18(25)8-19-23-15(11-28-19)10-27-20(26)14-5-6-17(21)22-9-14/h3-7,9,11H,8,10H2,1-2H3,(H,24,25). The first-order chi connectivity index (χ1) is 13.4. The molecule has 0 bridgehead atoms. The number of anilines is 1. The van der Waals surface area contributed by atoms with Crippen LogP contribution in [0.2, 0.25) is 5.15 Å². The van der Waals surface area contributed by atoms with E-state index >= 15 is 0 Å². The first kappa shape index (κ1) is 20.0. The van der Waals surface area contributed by atoms with Gasteiger partial charge in [-0.25, -0.2) is 14.8 Å². The average molecular weight is 416 g/mol. The molecule has 0 saturated carbocycles. The number of nitrogens with zero attached hydrogens (tertiary/aromatic N) is 2. The van der Waals surface area contributed by atoms with Crippen molar-refractivity contribution in [3.05, 3.63) is 74.5 Å². The van der Waals surface area contributed by atoms with E-state index in [1.54, 1.807) is 11.4 Å². The van der Waals surface area contributed by atoms with E-state index in [0.29, 0.717) is 21.4 Å². The lowest BCUT2D eigenvalue weighted by molar-refractivity contribution is -0.115. The highest BCUT2D eigenvalue weighted by molar-refractivity contribution is 7.09. The monoisotopic (exact) mass is 415 g/mol. The Morgan fingerprint density at radius 1 is 1.21 bits per heavy atom. The number of amides is 1. The van der Waals surface area contributed by atoms with E-state index in [0.717, 1.165) is 16.8 Å². The van der Waals surface area contributed by atoms with E-state index in [4.69, 9.17) is 16.3 Å². The molecule has 1 amide bonds. The van der Waals surface area contributed by atoms with E-state index < -0.39 is 5.97 Å². The molecule has 1 N–H and O–H groups in total. The molecular weight excluding hydrogens is 398 g/mol. The summed E-state index contributed by atoms with van der Waals surface area (Å²) in [5.74, 6) is -0.648. The third-order valence-corrected chi connectivity index (χ3v) is 5.01. The van der Waals surface area contributed by atoms with Crippen LogP contribution >= 0.6 is 22.9 Å². The van der Waals surface area contributed by atoms with Crippen molar-refractivity contribution in [3.8, 4) is 0 Å². The van der Waals surface area contributed by atoms with Crippen molar-refractivity contribution in [1.29, 1.82) is 0 Å². The molecule has 0 radical (unpaired) electrons. The Balaban J connectivity index is 1.53. The molecule has 0 aliphatic rings. The summed E-state index contributed by atoms with van der Waals surface area (Å²) < 4.78 is 5.22. The van der Waals surface area contributed by atoms with Crippen LogP contribution in [0.25, 0.3) is 0 Å². The second kappa shape index (κ2) is 8.95. The molecule has 2 heterocycles. The van der Waals surface area contributed by atoms with E-state index in [1.807, 2.05) is 32.0 Å². The number of carbonyl (C=O) groups excluding carboxylic acids is 2. The second-order valence-electron chi connectivity index (χ2n) is 6.22. The van der Waals surface area contributed by atoms with Gasteiger partial charge in [-0.15, -0.1) is 11.3 Å². The van der Waals surface area contributed by atoms with Crippen LogP contribution in [-0.2, 0) is 22.6 Å². The van der Waals surface area contributed by atoms with Crippen LogP contribution in [0.5, 0.6) is 0 Å². The predicted octanol–water partition coefficient (Wildman–Crippen LogP) is 4.35. The third-order valence-electron chi connectivity index (χ3n) is 3.89. The fraction of sp³-hybridized carbons (Fsp3) is 0.200. The molecule has 0 unspecified atom stereocenters. The number of halogens is 1. The summed E-state index contributed by atoms with van der Waals surface area (Å²) >= 11 is 7.05. The molecule has 0 aliphatic carbocycles. The number of aryl methyl sites for hydroxylation is 2. The molecule has 0 atom stereocenters. The number of hydrogen-bond acceptors (Lipinski definition) is 6. The number of nitrogens with one attached hydrogen (secondary N) is 1. The summed E-state index contributed by atoms with van der Waals surface area (Å²) in [4.78, 5) is 32.5. The summed E-state index contributed by atoms with van der Waals surface area (Å²) in [5.41, 5.74) is 3.78. The number of esters is 1. The molecule has 0 aliphatic heterocycles. The minimum atomic E-state index is -0.508. The summed E-state index contributed by atoms with van der Waals surface area (Å²) in [6.45, 7) is 3.95. The van der Waals surface area contributed by atoms with Crippen LogP contribution in [-0.4, -0.2) is 21.8 Å². The highest BCUT2D eigenvalue weighted by atomic mass is 35.5. The Hall–Kier alpha value is -2.77. The highest BCUT2D eigenvalue weighted by Crippen LogP contribution is 2.18. The molecule has 144 valence electrons. The topological polar surface area (TPSA) is 81.2 Å². The molecule has 28 heavy (non-hydrogen) atoms. The summed E-state index contributed by atoms with van der Waals surface area (Å²) in [5, 5.41) is 5.64. The summed E-state index contributed by atoms with van der Waals surface area (Å²) in [6.07, 6.45) is 1.52. The first-order valence-corrected chi connectivity index (χ1v) is 9.75. The minimum Gasteiger partial charge on any atom is -0.456 e. The van der Waals surface area contributed by atoms with E-state index in [9.17, 15) is 9.59 Å². The van der Waals surface area contributed by atoms with Gasteiger partial charge in [-0.1, -0.05) is 23.7 Å². The average Bonchev–Trinajstić information content (AvgIpc) is 3.10. The Kier molecular flexibility index (Phi) is 6.38. The van der Waals surface area contributed by atoms with Gasteiger partial charge in [-0.3, -0.25) is 4.79 Å². The number of ether oxygens (including phenoxy) is 1. The van der Waals surface area contributed by atoms with Crippen molar-refractivity contribution in [2.75, 3.05) is 5.32 Å². The molecule has 8 heteroatoms. The largest absolute Gasteiger partial charge is 0.456 e. The zero-order chi connectivity index (χ0) is 20.1. The normalized spacial score (nSPS) is 10.5. The van der Waals surface area contributed by atoms with Crippen LogP contribution in [0.4, 0.5) is 5.69 Å². The fourth-order valence-electron chi connectivity index (χ4n) is 2.42. The molecule has 0 saturated heterocycles. The number of aromatic nitrogens is 2. The van der Waals surface area contributed by atoms with Crippen molar-refractivity contribution in [2.24, 2.45) is 0 Å². The molecule has 0 spiro atoms. The van der Waals surface area contributed by atoms with E-state index in [2.05, 4.69) is 15.3 Å². The van der Waals surface area contributed by atoms with Gasteiger partial charge in [0.1, 0.15) is 16.8 Å². The summed E-state index contributed by atoms with van der Waals surface area (Å²) in [7, 11) is 0. The molecule has 3 rings (SSSR count). The molecule has 3 aromatic rings. The van der Waals surface area contributed by atoms with Crippen molar-refractivity contribution in [3.63, 3.8) is 0 Å².